The Labute approximate surface area is 175 Å². The summed E-state index contributed by atoms with van der Waals surface area (Å²) in [6, 6.07) is 11.7. The average Bonchev–Trinajstić information content (AvgIpc) is 3.05. The maximum absolute atomic E-state index is 13.1. The van der Waals surface area contributed by atoms with Crippen molar-refractivity contribution in [2.75, 3.05) is 11.9 Å². The molecule has 0 saturated carbocycles. The quantitative estimate of drug-likeness (QED) is 0.698. The molecule has 0 atom stereocenters. The molecule has 156 valence electrons. The number of halogens is 1. The van der Waals surface area contributed by atoms with Gasteiger partial charge in [0.1, 0.15) is 23.9 Å². The highest BCUT2D eigenvalue weighted by Crippen LogP contribution is 2.24. The predicted molar refractivity (Wildman–Crippen MR) is 113 cm³/mol. The summed E-state index contributed by atoms with van der Waals surface area (Å²) < 4.78 is 20.7. The Morgan fingerprint density at radius 2 is 1.93 bits per heavy atom. The first-order chi connectivity index (χ1) is 14.4. The van der Waals surface area contributed by atoms with Crippen molar-refractivity contribution in [3.05, 3.63) is 76.4 Å². The van der Waals surface area contributed by atoms with Crippen LogP contribution < -0.4 is 10.1 Å². The summed E-state index contributed by atoms with van der Waals surface area (Å²) in [6.45, 7) is 5.44. The van der Waals surface area contributed by atoms with Gasteiger partial charge in [0.2, 0.25) is 0 Å². The fourth-order valence-corrected chi connectivity index (χ4v) is 3.66. The third-order valence-electron chi connectivity index (χ3n) is 5.56. The van der Waals surface area contributed by atoms with Crippen LogP contribution in [0.5, 0.6) is 5.75 Å². The third kappa shape index (κ3) is 4.15. The zero-order chi connectivity index (χ0) is 21.3. The number of anilines is 1. The largest absolute Gasteiger partial charge is 0.487 e. The van der Waals surface area contributed by atoms with Crippen LogP contribution >= 0.6 is 0 Å². The molecule has 2 heterocycles. The van der Waals surface area contributed by atoms with Crippen LogP contribution in [0.1, 0.15) is 28.1 Å². The second kappa shape index (κ2) is 8.18. The van der Waals surface area contributed by atoms with Gasteiger partial charge in [-0.1, -0.05) is 6.07 Å². The number of aromatic nitrogens is 2. The van der Waals surface area contributed by atoms with E-state index in [0.29, 0.717) is 18.8 Å². The standard InChI is InChI=1S/C23H25FN4O2/c1-15-4-7-18(12-16(15)2)25-23(29)28-11-10-22-20(13-28)21(26-27(22)3)14-30-19-8-5-17(24)6-9-19/h4-9,12H,10-11,13-14H2,1-3H3,(H,25,29). The lowest BCUT2D eigenvalue weighted by Gasteiger charge is -2.28. The normalized spacial score (nSPS) is 13.1. The number of fused-ring (bicyclic) bond motifs is 1. The van der Waals surface area contributed by atoms with Crippen LogP contribution in [0, 0.1) is 19.7 Å². The maximum atomic E-state index is 13.1. The molecule has 0 spiro atoms. The van der Waals surface area contributed by atoms with Crippen molar-refractivity contribution in [2.24, 2.45) is 7.05 Å². The Hall–Kier alpha value is -3.35. The second-order valence-electron chi connectivity index (χ2n) is 7.64. The molecular formula is C23H25FN4O2. The second-order valence-corrected chi connectivity index (χ2v) is 7.64. The molecule has 2 amide bonds. The van der Waals surface area contributed by atoms with E-state index in [-0.39, 0.29) is 18.5 Å². The summed E-state index contributed by atoms with van der Waals surface area (Å²) >= 11 is 0. The monoisotopic (exact) mass is 408 g/mol. The van der Waals surface area contributed by atoms with E-state index in [1.807, 2.05) is 43.8 Å². The number of ether oxygens (including phenoxy) is 1. The Morgan fingerprint density at radius 1 is 1.17 bits per heavy atom. The average molecular weight is 408 g/mol. The van der Waals surface area contributed by atoms with Gasteiger partial charge >= 0.3 is 6.03 Å². The number of carbonyl (C=O) groups excluding carboxylic acids is 1. The van der Waals surface area contributed by atoms with Gasteiger partial charge < -0.3 is 15.0 Å². The molecular weight excluding hydrogens is 383 g/mol. The van der Waals surface area contributed by atoms with Crippen molar-refractivity contribution >= 4 is 11.7 Å². The number of carbonyl (C=O) groups is 1. The Kier molecular flexibility index (Phi) is 5.44. The Bertz CT molecular complexity index is 1080. The minimum absolute atomic E-state index is 0.127. The number of benzene rings is 2. The van der Waals surface area contributed by atoms with E-state index < -0.39 is 0 Å². The summed E-state index contributed by atoms with van der Waals surface area (Å²) in [5.41, 5.74) is 6.04. The fraction of sp³-hybridized carbons (Fsp3) is 0.304. The van der Waals surface area contributed by atoms with Gasteiger partial charge in [-0.3, -0.25) is 4.68 Å². The molecule has 0 radical (unpaired) electrons. The molecule has 0 bridgehead atoms. The molecule has 4 rings (SSSR count). The molecule has 1 aliphatic heterocycles. The smallest absolute Gasteiger partial charge is 0.322 e. The van der Waals surface area contributed by atoms with Crippen LogP contribution in [0.2, 0.25) is 0 Å². The summed E-state index contributed by atoms with van der Waals surface area (Å²) in [4.78, 5) is 14.6. The highest BCUT2D eigenvalue weighted by molar-refractivity contribution is 5.89. The first-order valence-corrected chi connectivity index (χ1v) is 9.96. The number of nitrogens with one attached hydrogen (secondary N) is 1. The third-order valence-corrected chi connectivity index (χ3v) is 5.56. The van der Waals surface area contributed by atoms with Gasteiger partial charge in [-0.25, -0.2) is 9.18 Å². The molecule has 0 unspecified atom stereocenters. The first-order valence-electron chi connectivity index (χ1n) is 9.96. The van der Waals surface area contributed by atoms with E-state index in [1.54, 1.807) is 17.0 Å². The van der Waals surface area contributed by atoms with Crippen molar-refractivity contribution in [1.29, 1.82) is 0 Å². The molecule has 1 N–H and O–H groups in total. The van der Waals surface area contributed by atoms with E-state index in [9.17, 15) is 9.18 Å². The van der Waals surface area contributed by atoms with Gasteiger partial charge in [0.05, 0.1) is 6.54 Å². The van der Waals surface area contributed by atoms with E-state index in [4.69, 9.17) is 4.74 Å². The molecule has 1 aromatic heterocycles. The molecule has 2 aromatic carbocycles. The van der Waals surface area contributed by atoms with E-state index in [0.717, 1.165) is 34.6 Å². The first kappa shape index (κ1) is 19.9. The summed E-state index contributed by atoms with van der Waals surface area (Å²) in [6.07, 6.45) is 0.732. The molecule has 1 aliphatic rings. The maximum Gasteiger partial charge on any atom is 0.322 e. The van der Waals surface area contributed by atoms with Gasteiger partial charge in [0.15, 0.2) is 0 Å². The van der Waals surface area contributed by atoms with Crippen molar-refractivity contribution < 1.29 is 13.9 Å². The Morgan fingerprint density at radius 3 is 2.67 bits per heavy atom. The molecule has 0 aliphatic carbocycles. The summed E-state index contributed by atoms with van der Waals surface area (Å²) in [7, 11) is 1.91. The van der Waals surface area contributed by atoms with Gasteiger partial charge in [0.25, 0.3) is 0 Å². The van der Waals surface area contributed by atoms with Crippen LogP contribution in [0.25, 0.3) is 0 Å². The van der Waals surface area contributed by atoms with Crippen LogP contribution in [0.4, 0.5) is 14.9 Å². The van der Waals surface area contributed by atoms with E-state index in [1.165, 1.54) is 17.7 Å². The van der Waals surface area contributed by atoms with Gasteiger partial charge in [-0.2, -0.15) is 5.10 Å². The molecule has 7 heteroatoms. The topological polar surface area (TPSA) is 59.4 Å². The Balaban J connectivity index is 1.46. The summed E-state index contributed by atoms with van der Waals surface area (Å²) in [5.74, 6) is 0.277. The highest BCUT2D eigenvalue weighted by Gasteiger charge is 2.27. The fourth-order valence-electron chi connectivity index (χ4n) is 3.66. The van der Waals surface area contributed by atoms with Crippen molar-refractivity contribution in [3.8, 4) is 5.75 Å². The van der Waals surface area contributed by atoms with Crippen molar-refractivity contribution in [2.45, 2.75) is 33.4 Å². The number of urea groups is 1. The van der Waals surface area contributed by atoms with Gasteiger partial charge in [-0.05, 0) is 61.4 Å². The van der Waals surface area contributed by atoms with Crippen molar-refractivity contribution in [3.63, 3.8) is 0 Å². The number of hydrogen-bond acceptors (Lipinski definition) is 3. The van der Waals surface area contributed by atoms with E-state index in [2.05, 4.69) is 10.4 Å². The van der Waals surface area contributed by atoms with Gasteiger partial charge in [0, 0.05) is 37.0 Å². The lowest BCUT2D eigenvalue weighted by molar-refractivity contribution is 0.205. The predicted octanol–water partition coefficient (Wildman–Crippen LogP) is 4.35. The summed E-state index contributed by atoms with van der Waals surface area (Å²) in [5, 5.41) is 7.58. The number of rotatable bonds is 4. The lowest BCUT2D eigenvalue weighted by Crippen LogP contribution is -2.39. The minimum atomic E-state index is -0.303. The zero-order valence-electron chi connectivity index (χ0n) is 17.4. The molecule has 6 nitrogen and oxygen atoms in total. The lowest BCUT2D eigenvalue weighted by atomic mass is 10.1. The van der Waals surface area contributed by atoms with Crippen LogP contribution in [-0.2, 0) is 26.6 Å². The zero-order valence-corrected chi connectivity index (χ0v) is 17.4. The highest BCUT2D eigenvalue weighted by atomic mass is 19.1. The number of nitrogens with zero attached hydrogens (tertiary/aromatic N) is 3. The van der Waals surface area contributed by atoms with Gasteiger partial charge in [-0.15, -0.1) is 0 Å². The van der Waals surface area contributed by atoms with E-state index >= 15 is 0 Å². The number of amides is 2. The van der Waals surface area contributed by atoms with Crippen LogP contribution in [0.3, 0.4) is 0 Å². The molecule has 30 heavy (non-hydrogen) atoms. The number of hydrogen-bond donors (Lipinski definition) is 1. The van der Waals surface area contributed by atoms with Crippen LogP contribution in [-0.4, -0.2) is 27.3 Å². The SMILES string of the molecule is Cc1ccc(NC(=O)N2CCc3c(c(COc4ccc(F)cc4)nn3C)C2)cc1C. The van der Waals surface area contributed by atoms with Crippen LogP contribution in [0.15, 0.2) is 42.5 Å². The number of aryl methyl sites for hydroxylation is 3. The minimum Gasteiger partial charge on any atom is -0.487 e. The molecule has 0 fully saturated rings. The van der Waals surface area contributed by atoms with Crippen molar-refractivity contribution in [1.82, 2.24) is 14.7 Å². The molecule has 0 saturated heterocycles. The molecule has 3 aromatic rings.